The van der Waals surface area contributed by atoms with Crippen LogP contribution in [0, 0.1) is 0 Å². The second kappa shape index (κ2) is 9.29. The van der Waals surface area contributed by atoms with Crippen molar-refractivity contribution in [3.8, 4) is 0 Å². The molecular weight excluding hydrogens is 459 g/mol. The van der Waals surface area contributed by atoms with E-state index in [2.05, 4.69) is 37.1 Å². The van der Waals surface area contributed by atoms with E-state index in [1.165, 1.54) is 0 Å². The number of likely N-dealkylation sites (N-methyl/N-ethyl adjacent to an activating group) is 1. The zero-order chi connectivity index (χ0) is 24.7. The maximum atomic E-state index is 13.8. The Balaban J connectivity index is 1.47. The van der Waals surface area contributed by atoms with Crippen molar-refractivity contribution in [2.45, 2.75) is 32.3 Å². The third-order valence-corrected chi connectivity index (χ3v) is 6.68. The Labute approximate surface area is 202 Å². The van der Waals surface area contributed by atoms with Crippen LogP contribution in [0.25, 0.3) is 11.0 Å². The van der Waals surface area contributed by atoms with Gasteiger partial charge in [-0.25, -0.2) is 4.98 Å². The van der Waals surface area contributed by atoms with Crippen molar-refractivity contribution in [3.63, 3.8) is 0 Å². The first-order valence-corrected chi connectivity index (χ1v) is 11.8. The van der Waals surface area contributed by atoms with Gasteiger partial charge in [-0.3, -0.25) is 4.90 Å². The van der Waals surface area contributed by atoms with Gasteiger partial charge in [0.05, 0.1) is 23.3 Å². The lowest BCUT2D eigenvalue weighted by Crippen LogP contribution is -2.44. The second-order valence-corrected chi connectivity index (χ2v) is 9.37. The molecule has 1 atom stereocenters. The highest BCUT2D eigenvalue weighted by Crippen LogP contribution is 2.40. The molecule has 4 heterocycles. The van der Waals surface area contributed by atoms with Gasteiger partial charge < -0.3 is 24.8 Å². The van der Waals surface area contributed by atoms with Crippen molar-refractivity contribution in [3.05, 3.63) is 41.7 Å². The van der Waals surface area contributed by atoms with Crippen molar-refractivity contribution >= 4 is 28.4 Å². The fourth-order valence-electron chi connectivity index (χ4n) is 4.72. The van der Waals surface area contributed by atoms with Crippen LogP contribution >= 0.6 is 0 Å². The molecule has 0 aliphatic carbocycles. The van der Waals surface area contributed by atoms with Gasteiger partial charge in [-0.1, -0.05) is 0 Å². The zero-order valence-electron chi connectivity index (χ0n) is 20.1. The van der Waals surface area contributed by atoms with Crippen LogP contribution < -0.4 is 10.2 Å². The third kappa shape index (κ3) is 4.80. The molecule has 0 bridgehead atoms. The molecule has 0 amide bonds. The SMILES string of the molecule is CC(C)N1CCO[C@H]1c1nc(Nc2ccc(N3CCN(C)CC3)cc2)nc2[nH]cc(C(F)(F)F)c12. The van der Waals surface area contributed by atoms with Gasteiger partial charge in [0.2, 0.25) is 5.95 Å². The molecule has 0 spiro atoms. The van der Waals surface area contributed by atoms with Gasteiger partial charge in [0.15, 0.2) is 6.23 Å². The van der Waals surface area contributed by atoms with Crippen molar-refractivity contribution in [1.29, 1.82) is 0 Å². The van der Waals surface area contributed by atoms with E-state index < -0.39 is 18.0 Å². The summed E-state index contributed by atoms with van der Waals surface area (Å²) >= 11 is 0. The highest BCUT2D eigenvalue weighted by molar-refractivity contribution is 5.84. The lowest BCUT2D eigenvalue weighted by atomic mass is 10.1. The number of aromatic amines is 1. The number of H-pyrrole nitrogens is 1. The minimum atomic E-state index is -4.54. The number of hydrogen-bond acceptors (Lipinski definition) is 7. The van der Waals surface area contributed by atoms with Gasteiger partial charge in [-0.05, 0) is 45.2 Å². The van der Waals surface area contributed by atoms with Crippen molar-refractivity contribution in [1.82, 2.24) is 24.8 Å². The lowest BCUT2D eigenvalue weighted by molar-refractivity contribution is -0.136. The molecule has 2 aromatic heterocycles. The molecule has 3 aromatic rings. The molecule has 2 aliphatic rings. The smallest absolute Gasteiger partial charge is 0.369 e. The van der Waals surface area contributed by atoms with Crippen LogP contribution in [-0.2, 0) is 10.9 Å². The number of anilines is 3. The summed E-state index contributed by atoms with van der Waals surface area (Å²) in [4.78, 5) is 18.2. The maximum absolute atomic E-state index is 13.8. The molecule has 2 fully saturated rings. The summed E-state index contributed by atoms with van der Waals surface area (Å²) in [6.45, 7) is 8.99. The molecule has 188 valence electrons. The van der Waals surface area contributed by atoms with E-state index in [9.17, 15) is 13.2 Å². The van der Waals surface area contributed by atoms with E-state index in [-0.39, 0.29) is 28.7 Å². The second-order valence-electron chi connectivity index (χ2n) is 9.37. The van der Waals surface area contributed by atoms with E-state index in [1.807, 2.05) is 43.0 Å². The summed E-state index contributed by atoms with van der Waals surface area (Å²) < 4.78 is 47.2. The van der Waals surface area contributed by atoms with Gasteiger partial charge >= 0.3 is 6.18 Å². The lowest BCUT2D eigenvalue weighted by Gasteiger charge is -2.34. The maximum Gasteiger partial charge on any atom is 0.418 e. The van der Waals surface area contributed by atoms with E-state index >= 15 is 0 Å². The number of alkyl halides is 3. The number of ether oxygens (including phenoxy) is 1. The van der Waals surface area contributed by atoms with Gasteiger partial charge in [-0.2, -0.15) is 18.2 Å². The Morgan fingerprint density at radius 2 is 1.77 bits per heavy atom. The third-order valence-electron chi connectivity index (χ3n) is 6.68. The number of aromatic nitrogens is 3. The van der Waals surface area contributed by atoms with Crippen LogP contribution in [0.3, 0.4) is 0 Å². The Hall–Kier alpha value is -2.89. The van der Waals surface area contributed by atoms with Gasteiger partial charge in [-0.15, -0.1) is 0 Å². The summed E-state index contributed by atoms with van der Waals surface area (Å²) in [6, 6.07) is 8.01. The average Bonchev–Trinajstić information content (AvgIpc) is 3.47. The molecule has 8 nitrogen and oxygen atoms in total. The molecule has 2 saturated heterocycles. The quantitative estimate of drug-likeness (QED) is 0.556. The van der Waals surface area contributed by atoms with Crippen LogP contribution in [0.5, 0.6) is 0 Å². The topological polar surface area (TPSA) is 72.6 Å². The predicted molar refractivity (Wildman–Crippen MR) is 129 cm³/mol. The average molecular weight is 490 g/mol. The largest absolute Gasteiger partial charge is 0.418 e. The van der Waals surface area contributed by atoms with Gasteiger partial charge in [0, 0.05) is 56.3 Å². The Morgan fingerprint density at radius 3 is 2.43 bits per heavy atom. The minimum absolute atomic E-state index is 0.0500. The first-order valence-electron chi connectivity index (χ1n) is 11.8. The molecule has 5 rings (SSSR count). The van der Waals surface area contributed by atoms with E-state index in [4.69, 9.17) is 4.74 Å². The first-order chi connectivity index (χ1) is 16.7. The number of piperazine rings is 1. The molecule has 2 aliphatic heterocycles. The Morgan fingerprint density at radius 1 is 1.06 bits per heavy atom. The monoisotopic (exact) mass is 489 g/mol. The van der Waals surface area contributed by atoms with Crippen LogP contribution in [-0.4, -0.2) is 77.2 Å². The number of nitrogens with zero attached hydrogens (tertiary/aromatic N) is 5. The Kier molecular flexibility index (Phi) is 6.32. The summed E-state index contributed by atoms with van der Waals surface area (Å²) in [5.41, 5.74) is 1.44. The normalized spacial score (nSPS) is 20.3. The van der Waals surface area contributed by atoms with Crippen LogP contribution in [0.1, 0.15) is 31.3 Å². The molecule has 0 radical (unpaired) electrons. The molecular formula is C24H30F3N7O. The fourth-order valence-corrected chi connectivity index (χ4v) is 4.72. The number of hydrogen-bond donors (Lipinski definition) is 2. The number of benzene rings is 1. The highest BCUT2D eigenvalue weighted by atomic mass is 19.4. The Bertz CT molecular complexity index is 1170. The summed E-state index contributed by atoms with van der Waals surface area (Å²) in [5, 5.41) is 3.11. The fraction of sp³-hybridized carbons (Fsp3) is 0.500. The number of nitrogens with one attached hydrogen (secondary N) is 2. The first kappa shape index (κ1) is 23.8. The predicted octanol–water partition coefficient (Wildman–Crippen LogP) is 4.21. The molecule has 2 N–H and O–H groups in total. The number of halogens is 3. The summed E-state index contributed by atoms with van der Waals surface area (Å²) in [7, 11) is 2.12. The summed E-state index contributed by atoms with van der Waals surface area (Å²) in [5.74, 6) is 0.217. The van der Waals surface area contributed by atoms with Crippen molar-refractivity contribution in [2.24, 2.45) is 0 Å². The van der Waals surface area contributed by atoms with Crippen LogP contribution in [0.4, 0.5) is 30.5 Å². The molecule has 0 unspecified atom stereocenters. The van der Waals surface area contributed by atoms with Crippen LogP contribution in [0.15, 0.2) is 30.5 Å². The van der Waals surface area contributed by atoms with E-state index in [0.29, 0.717) is 13.2 Å². The zero-order valence-corrected chi connectivity index (χ0v) is 20.1. The van der Waals surface area contributed by atoms with Gasteiger partial charge in [0.25, 0.3) is 0 Å². The molecule has 11 heteroatoms. The number of fused-ring (bicyclic) bond motifs is 1. The molecule has 1 aromatic carbocycles. The molecule has 0 saturated carbocycles. The van der Waals surface area contributed by atoms with E-state index in [1.54, 1.807) is 0 Å². The summed E-state index contributed by atoms with van der Waals surface area (Å²) in [6.07, 6.45) is -4.27. The number of rotatable bonds is 5. The van der Waals surface area contributed by atoms with Crippen LogP contribution in [0.2, 0.25) is 0 Å². The minimum Gasteiger partial charge on any atom is -0.369 e. The van der Waals surface area contributed by atoms with Crippen molar-refractivity contribution in [2.75, 3.05) is 56.6 Å². The van der Waals surface area contributed by atoms with E-state index in [0.717, 1.165) is 43.8 Å². The van der Waals surface area contributed by atoms with Gasteiger partial charge in [0.1, 0.15) is 5.65 Å². The molecule has 35 heavy (non-hydrogen) atoms. The van der Waals surface area contributed by atoms with Crippen molar-refractivity contribution < 1.29 is 17.9 Å². The highest BCUT2D eigenvalue weighted by Gasteiger charge is 2.39. The standard InChI is InChI=1S/C24H30F3N7O/c1-15(2)34-12-13-35-22(34)20-19-18(24(25,26)27)14-28-21(19)31-23(30-20)29-16-4-6-17(7-5-16)33-10-8-32(3)9-11-33/h4-7,14-15,22H,8-13H2,1-3H3,(H2,28,29,30,31)/t22-/m0/s1.